The third-order valence-corrected chi connectivity index (χ3v) is 3.67. The van der Waals surface area contributed by atoms with Crippen molar-refractivity contribution in [3.63, 3.8) is 0 Å². The number of amides is 1. The lowest BCUT2D eigenvalue weighted by molar-refractivity contribution is -0.132. The van der Waals surface area contributed by atoms with Crippen LogP contribution in [-0.2, 0) is 11.2 Å². The van der Waals surface area contributed by atoms with Crippen LogP contribution < -0.4 is 10.1 Å². The molecule has 1 aromatic carbocycles. The fourth-order valence-corrected chi connectivity index (χ4v) is 2.77. The molecule has 1 saturated heterocycles. The molecule has 0 bridgehead atoms. The van der Waals surface area contributed by atoms with Gasteiger partial charge in [0.15, 0.2) is 0 Å². The SMILES string of the molecule is COc1cccc(CCC(=O)N2C[C@@H](C)N[C@@H](C)C2)c1. The van der Waals surface area contributed by atoms with Crippen molar-refractivity contribution in [2.75, 3.05) is 20.2 Å². The van der Waals surface area contributed by atoms with Crippen molar-refractivity contribution in [2.45, 2.75) is 38.8 Å². The second-order valence-corrected chi connectivity index (χ2v) is 5.62. The third-order valence-electron chi connectivity index (χ3n) is 3.67. The zero-order valence-corrected chi connectivity index (χ0v) is 12.6. The van der Waals surface area contributed by atoms with Gasteiger partial charge in [0, 0.05) is 31.6 Å². The lowest BCUT2D eigenvalue weighted by Gasteiger charge is -2.36. The highest BCUT2D eigenvalue weighted by molar-refractivity contribution is 5.76. The molecule has 1 aliphatic heterocycles. The second-order valence-electron chi connectivity index (χ2n) is 5.62. The minimum atomic E-state index is 0.244. The molecule has 0 spiro atoms. The summed E-state index contributed by atoms with van der Waals surface area (Å²) in [5.74, 6) is 1.09. The van der Waals surface area contributed by atoms with Crippen molar-refractivity contribution in [1.82, 2.24) is 10.2 Å². The summed E-state index contributed by atoms with van der Waals surface area (Å²) in [5.41, 5.74) is 1.15. The van der Waals surface area contributed by atoms with Crippen molar-refractivity contribution in [3.8, 4) is 5.75 Å². The standard InChI is InChI=1S/C16H24N2O2/c1-12-10-18(11-13(2)17-12)16(19)8-7-14-5-4-6-15(9-14)20-3/h4-6,9,12-13,17H,7-8,10-11H2,1-3H3/t12-,13+. The van der Waals surface area contributed by atoms with Crippen molar-refractivity contribution in [1.29, 1.82) is 0 Å². The summed E-state index contributed by atoms with van der Waals surface area (Å²) in [6.45, 7) is 5.86. The molecule has 4 nitrogen and oxygen atoms in total. The first-order valence-electron chi connectivity index (χ1n) is 7.25. The van der Waals surface area contributed by atoms with E-state index in [4.69, 9.17) is 4.74 Å². The first-order valence-corrected chi connectivity index (χ1v) is 7.25. The highest BCUT2D eigenvalue weighted by Crippen LogP contribution is 2.15. The van der Waals surface area contributed by atoms with Crippen molar-refractivity contribution < 1.29 is 9.53 Å². The van der Waals surface area contributed by atoms with Gasteiger partial charge >= 0.3 is 0 Å². The van der Waals surface area contributed by atoms with Gasteiger partial charge < -0.3 is 15.0 Å². The molecule has 110 valence electrons. The van der Waals surface area contributed by atoms with Gasteiger partial charge in [-0.25, -0.2) is 0 Å². The number of piperazine rings is 1. The number of rotatable bonds is 4. The lowest BCUT2D eigenvalue weighted by atomic mass is 10.1. The van der Waals surface area contributed by atoms with Gasteiger partial charge in [-0.1, -0.05) is 12.1 Å². The van der Waals surface area contributed by atoms with E-state index in [1.165, 1.54) is 0 Å². The molecule has 1 fully saturated rings. The van der Waals surface area contributed by atoms with E-state index >= 15 is 0 Å². The van der Waals surface area contributed by atoms with E-state index in [2.05, 4.69) is 19.2 Å². The van der Waals surface area contributed by atoms with E-state index < -0.39 is 0 Å². The molecule has 0 aromatic heterocycles. The summed E-state index contributed by atoms with van der Waals surface area (Å²) in [7, 11) is 1.66. The van der Waals surface area contributed by atoms with Crippen LogP contribution >= 0.6 is 0 Å². The molecule has 1 heterocycles. The first kappa shape index (κ1) is 14.9. The molecule has 1 N–H and O–H groups in total. The number of ether oxygens (including phenoxy) is 1. The van der Waals surface area contributed by atoms with Crippen LogP contribution in [0.3, 0.4) is 0 Å². The molecule has 0 aliphatic carbocycles. The summed E-state index contributed by atoms with van der Waals surface area (Å²) < 4.78 is 5.20. The molecule has 1 aliphatic rings. The summed E-state index contributed by atoms with van der Waals surface area (Å²) in [4.78, 5) is 14.3. The maximum atomic E-state index is 12.3. The minimum absolute atomic E-state index is 0.244. The van der Waals surface area contributed by atoms with Gasteiger partial charge in [0.25, 0.3) is 0 Å². The van der Waals surface area contributed by atoms with Crippen LogP contribution in [0.2, 0.25) is 0 Å². The van der Waals surface area contributed by atoms with Crippen LogP contribution in [-0.4, -0.2) is 43.1 Å². The van der Waals surface area contributed by atoms with Gasteiger partial charge in [-0.2, -0.15) is 0 Å². The van der Waals surface area contributed by atoms with Gasteiger partial charge in [0.2, 0.25) is 5.91 Å². The van der Waals surface area contributed by atoms with Crippen LogP contribution in [0.5, 0.6) is 5.75 Å². The smallest absolute Gasteiger partial charge is 0.223 e. The molecule has 2 rings (SSSR count). The molecule has 1 amide bonds. The lowest BCUT2D eigenvalue weighted by Crippen LogP contribution is -2.55. The molecule has 2 atom stereocenters. The van der Waals surface area contributed by atoms with Gasteiger partial charge in [0.05, 0.1) is 7.11 Å². The Balaban J connectivity index is 1.88. The van der Waals surface area contributed by atoms with E-state index in [0.717, 1.165) is 30.8 Å². The Morgan fingerprint density at radius 3 is 2.70 bits per heavy atom. The summed E-state index contributed by atoms with van der Waals surface area (Å²) in [6.07, 6.45) is 1.33. The molecule has 1 aromatic rings. The molecular weight excluding hydrogens is 252 g/mol. The molecule has 20 heavy (non-hydrogen) atoms. The number of nitrogens with one attached hydrogen (secondary N) is 1. The fourth-order valence-electron chi connectivity index (χ4n) is 2.77. The molecular formula is C16H24N2O2. The number of benzene rings is 1. The monoisotopic (exact) mass is 276 g/mol. The Morgan fingerprint density at radius 2 is 2.05 bits per heavy atom. The maximum absolute atomic E-state index is 12.3. The zero-order chi connectivity index (χ0) is 14.5. The van der Waals surface area contributed by atoms with Crippen LogP contribution in [0, 0.1) is 0 Å². The van der Waals surface area contributed by atoms with E-state index in [1.807, 2.05) is 29.2 Å². The minimum Gasteiger partial charge on any atom is -0.497 e. The van der Waals surface area contributed by atoms with Crippen molar-refractivity contribution in [2.24, 2.45) is 0 Å². The number of methoxy groups -OCH3 is 1. The summed E-state index contributed by atoms with van der Waals surface area (Å²) in [5, 5.41) is 3.44. The Kier molecular flexibility index (Phi) is 5.01. The third kappa shape index (κ3) is 3.97. The van der Waals surface area contributed by atoms with Crippen LogP contribution in [0.25, 0.3) is 0 Å². The Hall–Kier alpha value is -1.55. The largest absolute Gasteiger partial charge is 0.497 e. The van der Waals surface area contributed by atoms with E-state index in [-0.39, 0.29) is 5.91 Å². The van der Waals surface area contributed by atoms with Gasteiger partial charge in [-0.05, 0) is 38.0 Å². The number of nitrogens with zero attached hydrogens (tertiary/aromatic N) is 1. The van der Waals surface area contributed by atoms with Gasteiger partial charge in [-0.15, -0.1) is 0 Å². The predicted molar refractivity (Wildman–Crippen MR) is 80.0 cm³/mol. The predicted octanol–water partition coefficient (Wildman–Crippen LogP) is 1.84. The van der Waals surface area contributed by atoms with Gasteiger partial charge in [0.1, 0.15) is 5.75 Å². The molecule has 4 heteroatoms. The number of aryl methyl sites for hydroxylation is 1. The average molecular weight is 276 g/mol. The Labute approximate surface area is 121 Å². The topological polar surface area (TPSA) is 41.6 Å². The molecule has 0 unspecified atom stereocenters. The summed E-state index contributed by atoms with van der Waals surface area (Å²) in [6, 6.07) is 8.67. The van der Waals surface area contributed by atoms with Crippen LogP contribution in [0.4, 0.5) is 0 Å². The maximum Gasteiger partial charge on any atom is 0.223 e. The van der Waals surface area contributed by atoms with Crippen molar-refractivity contribution in [3.05, 3.63) is 29.8 Å². The van der Waals surface area contributed by atoms with E-state index in [1.54, 1.807) is 7.11 Å². The second kappa shape index (κ2) is 6.75. The number of hydrogen-bond acceptors (Lipinski definition) is 3. The quantitative estimate of drug-likeness (QED) is 0.912. The Morgan fingerprint density at radius 1 is 1.35 bits per heavy atom. The fraction of sp³-hybridized carbons (Fsp3) is 0.562. The number of hydrogen-bond donors (Lipinski definition) is 1. The van der Waals surface area contributed by atoms with Gasteiger partial charge in [-0.3, -0.25) is 4.79 Å². The number of carbonyl (C=O) groups is 1. The zero-order valence-electron chi connectivity index (χ0n) is 12.6. The first-order chi connectivity index (χ1) is 9.58. The molecule has 0 radical (unpaired) electrons. The normalized spacial score (nSPS) is 22.6. The summed E-state index contributed by atoms with van der Waals surface area (Å²) >= 11 is 0. The van der Waals surface area contributed by atoms with E-state index in [9.17, 15) is 4.79 Å². The number of carbonyl (C=O) groups excluding carboxylic acids is 1. The average Bonchev–Trinajstić information content (AvgIpc) is 2.44. The van der Waals surface area contributed by atoms with Crippen LogP contribution in [0.1, 0.15) is 25.8 Å². The van der Waals surface area contributed by atoms with E-state index in [0.29, 0.717) is 18.5 Å². The Bertz CT molecular complexity index is 452. The molecule has 0 saturated carbocycles. The van der Waals surface area contributed by atoms with Crippen molar-refractivity contribution >= 4 is 5.91 Å². The highest BCUT2D eigenvalue weighted by atomic mass is 16.5. The highest BCUT2D eigenvalue weighted by Gasteiger charge is 2.24. The van der Waals surface area contributed by atoms with Crippen LogP contribution in [0.15, 0.2) is 24.3 Å².